The third-order valence-electron chi connectivity index (χ3n) is 7.87. The highest BCUT2D eigenvalue weighted by molar-refractivity contribution is 5.79. The van der Waals surface area contributed by atoms with Crippen LogP contribution < -0.4 is 4.74 Å². The molecule has 0 saturated heterocycles. The quantitative estimate of drug-likeness (QED) is 0.564. The molecule has 0 amide bonds. The molecule has 7 nitrogen and oxygen atoms in total. The molecule has 4 aliphatic rings. The number of hydrogen-bond acceptors (Lipinski definition) is 5. The molecule has 2 saturated carbocycles. The third-order valence-corrected chi connectivity index (χ3v) is 7.87. The minimum atomic E-state index is -2.19. The van der Waals surface area contributed by atoms with Crippen molar-refractivity contribution in [1.29, 1.82) is 0 Å². The zero-order valence-corrected chi connectivity index (χ0v) is 16.8. The molecule has 2 aliphatic heterocycles. The summed E-state index contributed by atoms with van der Waals surface area (Å²) in [5.74, 6) is -0.503. The minimum absolute atomic E-state index is 0.0380. The van der Waals surface area contributed by atoms with Crippen molar-refractivity contribution in [3.8, 4) is 11.5 Å². The van der Waals surface area contributed by atoms with Crippen LogP contribution in [-0.4, -0.2) is 74.4 Å². The van der Waals surface area contributed by atoms with Gasteiger partial charge in [-0.15, -0.1) is 0 Å². The number of carboxylic acid groups (broad SMARTS) is 1. The lowest BCUT2D eigenvalue weighted by Gasteiger charge is -2.49. The molecule has 1 aromatic rings. The summed E-state index contributed by atoms with van der Waals surface area (Å²) in [6, 6.07) is 3.25. The molecule has 29 heavy (non-hydrogen) atoms. The Morgan fingerprint density at radius 2 is 2.07 bits per heavy atom. The van der Waals surface area contributed by atoms with E-state index in [-0.39, 0.29) is 30.4 Å². The van der Waals surface area contributed by atoms with Crippen LogP contribution in [0.15, 0.2) is 12.1 Å². The Bertz CT molecular complexity index is 869. The Labute approximate surface area is 170 Å². The van der Waals surface area contributed by atoms with Crippen molar-refractivity contribution >= 4 is 5.97 Å². The largest absolute Gasteiger partial charge is 0.504 e. The Morgan fingerprint density at radius 3 is 2.76 bits per heavy atom. The average molecular weight is 404 g/mol. The summed E-state index contributed by atoms with van der Waals surface area (Å²) in [6.07, 6.45) is 3.28. The number of likely N-dealkylation sites (N-methyl/N-ethyl adjacent to an activating group) is 1. The summed E-state index contributed by atoms with van der Waals surface area (Å²) in [7, 11) is 2.18. The number of phenols is 1. The van der Waals surface area contributed by atoms with Crippen molar-refractivity contribution in [2.24, 2.45) is 5.92 Å². The van der Waals surface area contributed by atoms with Crippen molar-refractivity contribution in [2.45, 2.75) is 68.3 Å². The molecular formula is C22H30NO6+. The zero-order valence-electron chi connectivity index (χ0n) is 16.8. The Morgan fingerprint density at radius 1 is 1.31 bits per heavy atom. The monoisotopic (exact) mass is 404 g/mol. The predicted octanol–water partition coefficient (Wildman–Crippen LogP) is 1.21. The summed E-state index contributed by atoms with van der Waals surface area (Å²) in [6.45, 7) is 1.83. The van der Waals surface area contributed by atoms with E-state index in [2.05, 4.69) is 7.05 Å². The number of benzene rings is 1. The van der Waals surface area contributed by atoms with Crippen molar-refractivity contribution < 1.29 is 34.4 Å². The van der Waals surface area contributed by atoms with E-state index in [0.717, 1.165) is 37.1 Å². The van der Waals surface area contributed by atoms with Gasteiger partial charge in [0.15, 0.2) is 11.5 Å². The zero-order chi connectivity index (χ0) is 20.6. The van der Waals surface area contributed by atoms with Crippen molar-refractivity contribution in [2.75, 3.05) is 20.1 Å². The summed E-state index contributed by atoms with van der Waals surface area (Å²) in [5, 5.41) is 43.2. The third kappa shape index (κ3) is 2.86. The van der Waals surface area contributed by atoms with Crippen LogP contribution in [-0.2, 0) is 17.6 Å². The number of ether oxygens (including phenoxy) is 1. The number of aliphatic carboxylic acids is 1. The normalized spacial score (nSPS) is 40.9. The molecule has 0 radical (unpaired) electrons. The molecule has 1 aromatic carbocycles. The number of carboxylic acids is 1. The fourth-order valence-corrected chi connectivity index (χ4v) is 6.22. The van der Waals surface area contributed by atoms with E-state index < -0.39 is 23.3 Å². The summed E-state index contributed by atoms with van der Waals surface area (Å²) in [5.41, 5.74) is -1.62. The van der Waals surface area contributed by atoms with Gasteiger partial charge in [0.1, 0.15) is 17.7 Å². The number of fused-ring (bicyclic) bond motifs is 4. The van der Waals surface area contributed by atoms with Crippen molar-refractivity contribution in [3.05, 3.63) is 23.3 Å². The summed E-state index contributed by atoms with van der Waals surface area (Å²) >= 11 is 0. The van der Waals surface area contributed by atoms with Gasteiger partial charge in [-0.25, -0.2) is 4.79 Å². The molecular weight excluding hydrogens is 374 g/mol. The topological polar surface area (TPSA) is 107 Å². The standard InChI is InChI=1S/C22H29NO6/c1-23(11-13-4-5-13)8-2-3-15-14-6-7-16(24)19(15)29-18-10-21(27,17(23)9-14)12-22(18,28)20(25)26/h6-7,13,17-18,27-28H,2-5,8-12H2,1H3,(H-,24,25,26)/p+1/t17-,18-,21-,22?,23?/m1/s1. The van der Waals surface area contributed by atoms with Crippen LogP contribution in [0.5, 0.6) is 11.5 Å². The first-order valence-electron chi connectivity index (χ1n) is 10.7. The van der Waals surface area contributed by atoms with Crippen LogP contribution in [0.4, 0.5) is 0 Å². The number of carbonyl (C=O) groups is 1. The van der Waals surface area contributed by atoms with Crippen molar-refractivity contribution in [3.63, 3.8) is 0 Å². The van der Waals surface area contributed by atoms with Crippen LogP contribution in [0.3, 0.4) is 0 Å². The number of quaternary nitrogens is 1. The highest BCUT2D eigenvalue weighted by Crippen LogP contribution is 2.51. The van der Waals surface area contributed by atoms with E-state index in [1.165, 1.54) is 12.8 Å². The smallest absolute Gasteiger partial charge is 0.339 e. The average Bonchev–Trinajstić information content (AvgIpc) is 3.38. The molecule has 2 fully saturated rings. The van der Waals surface area contributed by atoms with Gasteiger partial charge in [-0.1, -0.05) is 6.07 Å². The van der Waals surface area contributed by atoms with Gasteiger partial charge < -0.3 is 29.6 Å². The molecule has 2 unspecified atom stereocenters. The Kier molecular flexibility index (Phi) is 4.02. The maximum Gasteiger partial charge on any atom is 0.339 e. The second kappa shape index (κ2) is 6.09. The molecule has 2 aliphatic carbocycles. The van der Waals surface area contributed by atoms with Gasteiger partial charge >= 0.3 is 5.97 Å². The Balaban J connectivity index is 1.70. The van der Waals surface area contributed by atoms with Gasteiger partial charge in [-0.2, -0.15) is 0 Å². The van der Waals surface area contributed by atoms with Gasteiger partial charge in [-0.3, -0.25) is 0 Å². The molecule has 0 aromatic heterocycles. The van der Waals surface area contributed by atoms with Gasteiger partial charge in [0, 0.05) is 37.2 Å². The van der Waals surface area contributed by atoms with E-state index in [4.69, 9.17) is 4.74 Å². The van der Waals surface area contributed by atoms with Crippen LogP contribution in [0.25, 0.3) is 0 Å². The van der Waals surface area contributed by atoms with Crippen LogP contribution >= 0.6 is 0 Å². The van der Waals surface area contributed by atoms with Crippen LogP contribution in [0.1, 0.15) is 43.2 Å². The van der Waals surface area contributed by atoms with Gasteiger partial charge in [0.05, 0.1) is 20.1 Å². The number of aliphatic hydroxyl groups is 2. The molecule has 6 bridgehead atoms. The predicted molar refractivity (Wildman–Crippen MR) is 104 cm³/mol. The van der Waals surface area contributed by atoms with E-state index >= 15 is 0 Å². The van der Waals surface area contributed by atoms with E-state index in [0.29, 0.717) is 16.8 Å². The number of hydrogen-bond donors (Lipinski definition) is 4. The van der Waals surface area contributed by atoms with E-state index in [1.54, 1.807) is 6.07 Å². The lowest BCUT2D eigenvalue weighted by Crippen LogP contribution is -2.65. The second-order valence-corrected chi connectivity index (χ2v) is 10.0. The highest BCUT2D eigenvalue weighted by Gasteiger charge is 2.66. The van der Waals surface area contributed by atoms with Gasteiger partial charge in [0.2, 0.25) is 5.60 Å². The maximum atomic E-state index is 12.0. The van der Waals surface area contributed by atoms with Gasteiger partial charge in [0.25, 0.3) is 0 Å². The SMILES string of the molecule is C[N+]1(CC2CC2)CCCc2c3ccc(O)c2O[C@@H]2C[C@@](O)(CC2(O)C(=O)O)[C@H]1C3. The van der Waals surface area contributed by atoms with Crippen molar-refractivity contribution in [1.82, 2.24) is 0 Å². The Hall–Kier alpha value is -1.83. The first-order chi connectivity index (χ1) is 13.6. The number of rotatable bonds is 3. The summed E-state index contributed by atoms with van der Waals surface area (Å²) < 4.78 is 6.69. The fraction of sp³-hybridized carbons (Fsp3) is 0.682. The lowest BCUT2D eigenvalue weighted by atomic mass is 9.80. The molecule has 158 valence electrons. The van der Waals surface area contributed by atoms with Gasteiger partial charge in [-0.05, 0) is 30.9 Å². The second-order valence-electron chi connectivity index (χ2n) is 10.0. The molecule has 2 heterocycles. The van der Waals surface area contributed by atoms with E-state index in [9.17, 15) is 25.2 Å². The molecule has 7 heteroatoms. The number of nitrogens with zero attached hydrogens (tertiary/aromatic N) is 1. The molecule has 0 spiro atoms. The number of phenolic OH excluding ortho intramolecular Hbond substituents is 1. The highest BCUT2D eigenvalue weighted by atomic mass is 16.5. The number of aromatic hydroxyl groups is 1. The minimum Gasteiger partial charge on any atom is -0.504 e. The van der Waals surface area contributed by atoms with Crippen LogP contribution in [0.2, 0.25) is 0 Å². The van der Waals surface area contributed by atoms with E-state index in [1.807, 2.05) is 6.07 Å². The fourth-order valence-electron chi connectivity index (χ4n) is 6.22. The summed E-state index contributed by atoms with van der Waals surface area (Å²) in [4.78, 5) is 12.0. The molecule has 5 rings (SSSR count). The molecule has 5 atom stereocenters. The first-order valence-corrected chi connectivity index (χ1v) is 10.7. The lowest BCUT2D eigenvalue weighted by molar-refractivity contribution is -0.942. The maximum absolute atomic E-state index is 12.0. The first kappa shape index (κ1) is 19.2. The molecule has 4 N–H and O–H groups in total. The van der Waals surface area contributed by atoms with Crippen LogP contribution in [0, 0.1) is 5.92 Å².